The Labute approximate surface area is 336 Å². The molecule has 0 aliphatic carbocycles. The first kappa shape index (κ1) is 40.8. The van der Waals surface area contributed by atoms with Crippen LogP contribution in [0.3, 0.4) is 0 Å². The molecule has 2 fully saturated rings. The summed E-state index contributed by atoms with van der Waals surface area (Å²) in [5.74, 6) is 0.665. The van der Waals surface area contributed by atoms with E-state index in [1.165, 1.54) is 12.2 Å². The Bertz CT molecular complexity index is 1940. The molecule has 3 aliphatic rings. The number of rotatable bonds is 14. The second kappa shape index (κ2) is 18.9. The first-order valence-electron chi connectivity index (χ1n) is 19.9. The molecule has 3 aromatic rings. The van der Waals surface area contributed by atoms with Crippen LogP contribution >= 0.6 is 11.6 Å². The molecule has 2 amide bonds. The number of likely N-dealkylation sites (tertiary alicyclic amines) is 1. The SMILES string of the molecule is C=CC(=O)N1CCN(c2nc(OC[C@@H]3CCCN3CCCCCCNC(=O)OC(C)(C)C)nc3c2CCN(c2cccc4cccc(Cl)c24)C3)C[C@@H]1/C=C/C#N. The molecule has 2 saturated heterocycles. The van der Waals surface area contributed by atoms with E-state index < -0.39 is 5.60 Å². The van der Waals surface area contributed by atoms with Gasteiger partial charge in [-0.05, 0) is 95.6 Å². The van der Waals surface area contributed by atoms with Gasteiger partial charge in [0.1, 0.15) is 18.0 Å². The number of hydrogen-bond acceptors (Lipinski definition) is 10. The van der Waals surface area contributed by atoms with E-state index in [4.69, 9.17) is 31.0 Å². The number of alkyl carbamates (subject to hydrolysis) is 1. The highest BCUT2D eigenvalue weighted by Gasteiger charge is 2.33. The van der Waals surface area contributed by atoms with Gasteiger partial charge in [0.15, 0.2) is 0 Å². The van der Waals surface area contributed by atoms with Crippen molar-refractivity contribution in [2.45, 2.75) is 89.9 Å². The topological polar surface area (TPSA) is 127 Å². The number of anilines is 2. The molecule has 13 heteroatoms. The zero-order valence-corrected chi connectivity index (χ0v) is 33.8. The van der Waals surface area contributed by atoms with Gasteiger partial charge in [-0.1, -0.05) is 55.3 Å². The average molecular weight is 783 g/mol. The van der Waals surface area contributed by atoms with Crippen molar-refractivity contribution < 1.29 is 19.1 Å². The molecule has 3 aliphatic heterocycles. The quantitative estimate of drug-likeness (QED) is 0.103. The predicted molar refractivity (Wildman–Crippen MR) is 221 cm³/mol. The van der Waals surface area contributed by atoms with Gasteiger partial charge >= 0.3 is 12.1 Å². The van der Waals surface area contributed by atoms with Gasteiger partial charge in [0.25, 0.3) is 0 Å². The zero-order valence-electron chi connectivity index (χ0n) is 33.0. The number of carbonyl (C=O) groups excluding carboxylic acids is 2. The van der Waals surface area contributed by atoms with E-state index in [1.807, 2.05) is 32.9 Å². The maximum Gasteiger partial charge on any atom is 0.407 e. The van der Waals surface area contributed by atoms with Gasteiger partial charge in [-0.2, -0.15) is 15.2 Å². The van der Waals surface area contributed by atoms with Crippen molar-refractivity contribution in [3.8, 4) is 12.1 Å². The fourth-order valence-corrected chi connectivity index (χ4v) is 8.30. The van der Waals surface area contributed by atoms with E-state index in [1.54, 1.807) is 11.0 Å². The third kappa shape index (κ3) is 10.3. The number of piperazine rings is 1. The number of fused-ring (bicyclic) bond motifs is 2. The highest BCUT2D eigenvalue weighted by atomic mass is 35.5. The highest BCUT2D eigenvalue weighted by molar-refractivity contribution is 6.36. The Morgan fingerprint density at radius 1 is 1.05 bits per heavy atom. The molecule has 1 aromatic heterocycles. The van der Waals surface area contributed by atoms with Gasteiger partial charge in [0.05, 0.1) is 29.4 Å². The average Bonchev–Trinajstić information content (AvgIpc) is 3.64. The van der Waals surface area contributed by atoms with E-state index in [9.17, 15) is 14.9 Å². The number of carbonyl (C=O) groups is 2. The molecular weight excluding hydrogens is 728 g/mol. The largest absolute Gasteiger partial charge is 0.462 e. The maximum absolute atomic E-state index is 12.8. The molecule has 1 N–H and O–H groups in total. The summed E-state index contributed by atoms with van der Waals surface area (Å²) in [4.78, 5) is 43.7. The predicted octanol–water partition coefficient (Wildman–Crippen LogP) is 7.06. The molecule has 2 aromatic carbocycles. The van der Waals surface area contributed by atoms with Crippen LogP contribution in [0.1, 0.15) is 70.6 Å². The lowest BCUT2D eigenvalue weighted by molar-refractivity contribution is -0.127. The molecule has 2 atom stereocenters. The summed E-state index contributed by atoms with van der Waals surface area (Å²) in [6, 6.07) is 14.7. The lowest BCUT2D eigenvalue weighted by atomic mass is 10.0. The number of unbranched alkanes of at least 4 members (excludes halogenated alkanes) is 3. The normalized spacial score (nSPS) is 18.9. The van der Waals surface area contributed by atoms with Crippen LogP contribution in [-0.4, -0.2) is 102 Å². The fraction of sp³-hybridized carbons (Fsp3) is 0.512. The van der Waals surface area contributed by atoms with Crippen LogP contribution in [0.2, 0.25) is 5.02 Å². The third-order valence-electron chi connectivity index (χ3n) is 10.7. The van der Waals surface area contributed by atoms with E-state index in [-0.39, 0.29) is 24.1 Å². The van der Waals surface area contributed by atoms with Crippen molar-refractivity contribution in [3.05, 3.63) is 77.5 Å². The van der Waals surface area contributed by atoms with Crippen molar-refractivity contribution in [2.24, 2.45) is 0 Å². The minimum absolute atomic E-state index is 0.160. The van der Waals surface area contributed by atoms with Crippen LogP contribution in [0.25, 0.3) is 10.8 Å². The second-order valence-electron chi connectivity index (χ2n) is 15.8. The molecular formula is C43H55ClN8O4. The van der Waals surface area contributed by atoms with E-state index in [2.05, 4.69) is 56.9 Å². The minimum Gasteiger partial charge on any atom is -0.462 e. The van der Waals surface area contributed by atoms with Crippen LogP contribution in [-0.2, 0) is 22.5 Å². The summed E-state index contributed by atoms with van der Waals surface area (Å²) in [5, 5.41) is 15.0. The van der Waals surface area contributed by atoms with Crippen LogP contribution in [0, 0.1) is 11.3 Å². The second-order valence-corrected chi connectivity index (χ2v) is 16.2. The molecule has 12 nitrogen and oxygen atoms in total. The number of allylic oxidation sites excluding steroid dienone is 1. The van der Waals surface area contributed by atoms with Crippen LogP contribution in [0.5, 0.6) is 6.01 Å². The molecule has 6 rings (SSSR count). The Kier molecular flexibility index (Phi) is 13.7. The first-order chi connectivity index (χ1) is 27.0. The Hall–Kier alpha value is -4.86. The highest BCUT2D eigenvalue weighted by Crippen LogP contribution is 2.37. The number of benzene rings is 2. The Morgan fingerprint density at radius 3 is 2.64 bits per heavy atom. The number of aromatic nitrogens is 2. The molecule has 0 bridgehead atoms. The number of halogens is 1. The molecule has 0 saturated carbocycles. The molecule has 0 spiro atoms. The van der Waals surface area contributed by atoms with Crippen LogP contribution < -0.4 is 19.9 Å². The summed E-state index contributed by atoms with van der Waals surface area (Å²) in [5.41, 5.74) is 2.57. The monoisotopic (exact) mass is 782 g/mol. The van der Waals surface area contributed by atoms with Gasteiger partial charge < -0.3 is 29.5 Å². The van der Waals surface area contributed by atoms with Crippen molar-refractivity contribution in [2.75, 3.05) is 62.2 Å². The zero-order chi connectivity index (χ0) is 39.7. The van der Waals surface area contributed by atoms with Gasteiger partial charge in [0.2, 0.25) is 5.91 Å². The summed E-state index contributed by atoms with van der Waals surface area (Å²) < 4.78 is 11.8. The fourth-order valence-electron chi connectivity index (χ4n) is 8.02. The van der Waals surface area contributed by atoms with Crippen molar-refractivity contribution in [1.82, 2.24) is 25.1 Å². The van der Waals surface area contributed by atoms with Gasteiger partial charge in [-0.25, -0.2) is 4.79 Å². The number of ether oxygens (including phenoxy) is 2. The lowest BCUT2D eigenvalue weighted by Crippen LogP contribution is -2.54. The number of hydrogen-bond donors (Lipinski definition) is 1. The molecule has 298 valence electrons. The summed E-state index contributed by atoms with van der Waals surface area (Å²) >= 11 is 6.77. The molecule has 4 heterocycles. The lowest BCUT2D eigenvalue weighted by Gasteiger charge is -2.41. The molecule has 0 radical (unpaired) electrons. The van der Waals surface area contributed by atoms with E-state index in [0.717, 1.165) is 103 Å². The number of nitrogens with zero attached hydrogens (tertiary/aromatic N) is 7. The van der Waals surface area contributed by atoms with Gasteiger partial charge in [-0.3, -0.25) is 9.69 Å². The van der Waals surface area contributed by atoms with Crippen LogP contribution in [0.15, 0.2) is 61.2 Å². The standard InChI is InChI=1S/C43H55ClN8O4/c1-5-38(53)52-27-26-51(28-32(52)16-12-21-45)40-34-20-25-50(37-19-11-15-31-14-10-18-35(44)39(31)37)29-36(34)47-41(48-40)55-30-33-17-13-24-49(33)23-9-7-6-8-22-46-42(54)56-43(2,3)4/h5,10-12,14-16,18-19,32-33H,1,6-9,13,17,20,22-30H2,2-4H3,(H,46,54)/b16-12+/t32-,33-/m0/s1. The summed E-state index contributed by atoms with van der Waals surface area (Å²) in [6.45, 7) is 15.3. The minimum atomic E-state index is -0.493. The summed E-state index contributed by atoms with van der Waals surface area (Å²) in [6.07, 6.45) is 11.2. The summed E-state index contributed by atoms with van der Waals surface area (Å²) in [7, 11) is 0. The van der Waals surface area contributed by atoms with Crippen molar-refractivity contribution in [3.63, 3.8) is 0 Å². The smallest absolute Gasteiger partial charge is 0.407 e. The van der Waals surface area contributed by atoms with Crippen molar-refractivity contribution >= 4 is 45.9 Å². The molecule has 56 heavy (non-hydrogen) atoms. The Balaban J connectivity index is 1.15. The number of amides is 2. The van der Waals surface area contributed by atoms with E-state index >= 15 is 0 Å². The maximum atomic E-state index is 12.8. The van der Waals surface area contributed by atoms with Crippen LogP contribution in [0.4, 0.5) is 16.3 Å². The molecule has 0 unspecified atom stereocenters. The Morgan fingerprint density at radius 2 is 1.86 bits per heavy atom. The van der Waals surface area contributed by atoms with Crippen molar-refractivity contribution in [1.29, 1.82) is 5.26 Å². The first-order valence-corrected chi connectivity index (χ1v) is 20.3. The van der Waals surface area contributed by atoms with Gasteiger partial charge in [-0.15, -0.1) is 0 Å². The van der Waals surface area contributed by atoms with E-state index in [0.29, 0.717) is 45.3 Å². The third-order valence-corrected chi connectivity index (χ3v) is 11.0. The number of nitrogens with one attached hydrogen (secondary N) is 1. The van der Waals surface area contributed by atoms with Gasteiger partial charge in [0, 0.05) is 61.5 Å². The number of nitriles is 1.